The van der Waals surface area contributed by atoms with Crippen LogP contribution in [0.5, 0.6) is 0 Å². The highest BCUT2D eigenvalue weighted by molar-refractivity contribution is 6.20. The molecule has 0 saturated carbocycles. The molecule has 0 saturated heterocycles. The van der Waals surface area contributed by atoms with Crippen molar-refractivity contribution >= 4 is 11.6 Å². The largest absolute Gasteiger partial charge is 0.304 e. The van der Waals surface area contributed by atoms with Crippen LogP contribution in [0.15, 0.2) is 0 Å². The molecule has 12 heavy (non-hydrogen) atoms. The fourth-order valence-electron chi connectivity index (χ4n) is 1.32. The fraction of sp³-hybridized carbons (Fsp3) is 1.00. The summed E-state index contributed by atoms with van der Waals surface area (Å²) >= 11 is 6.11. The predicted molar refractivity (Wildman–Crippen MR) is 57.0 cm³/mol. The molecule has 0 N–H and O–H groups in total. The van der Waals surface area contributed by atoms with Crippen molar-refractivity contribution in [2.75, 3.05) is 19.6 Å². The monoisotopic (exact) mass is 191 g/mol. The van der Waals surface area contributed by atoms with Crippen LogP contribution in [0.1, 0.15) is 40.0 Å². The van der Waals surface area contributed by atoms with Gasteiger partial charge >= 0.3 is 0 Å². The van der Waals surface area contributed by atoms with Gasteiger partial charge in [-0.25, -0.2) is 0 Å². The number of hydrogen-bond donors (Lipinski definition) is 0. The Balaban J connectivity index is 3.37. The van der Waals surface area contributed by atoms with Gasteiger partial charge in [-0.2, -0.15) is 0 Å². The first-order valence-corrected chi connectivity index (χ1v) is 5.54. The SMILES string of the molecule is CCCC(Cl)CCN(CC)CC. The van der Waals surface area contributed by atoms with E-state index in [4.69, 9.17) is 11.6 Å². The Morgan fingerprint density at radius 1 is 1.08 bits per heavy atom. The smallest absolute Gasteiger partial charge is 0.0348 e. The van der Waals surface area contributed by atoms with E-state index in [1.54, 1.807) is 0 Å². The van der Waals surface area contributed by atoms with Gasteiger partial charge in [-0.1, -0.05) is 27.2 Å². The van der Waals surface area contributed by atoms with E-state index in [2.05, 4.69) is 25.7 Å². The van der Waals surface area contributed by atoms with Crippen LogP contribution in [0.25, 0.3) is 0 Å². The molecule has 1 unspecified atom stereocenters. The Kier molecular flexibility index (Phi) is 8.04. The first-order chi connectivity index (χ1) is 5.74. The van der Waals surface area contributed by atoms with Crippen LogP contribution in [-0.2, 0) is 0 Å². The second kappa shape index (κ2) is 7.88. The molecule has 0 spiro atoms. The molecule has 2 heteroatoms. The Labute approximate surface area is 82.1 Å². The molecule has 0 aromatic rings. The van der Waals surface area contributed by atoms with Gasteiger partial charge in [-0.15, -0.1) is 11.6 Å². The summed E-state index contributed by atoms with van der Waals surface area (Å²) in [6.07, 6.45) is 3.49. The van der Waals surface area contributed by atoms with E-state index < -0.39 is 0 Å². The van der Waals surface area contributed by atoms with Gasteiger partial charge in [0.15, 0.2) is 0 Å². The Bertz CT molecular complexity index is 91.8. The van der Waals surface area contributed by atoms with Gasteiger partial charge < -0.3 is 4.90 Å². The number of halogens is 1. The fourth-order valence-corrected chi connectivity index (χ4v) is 1.64. The quantitative estimate of drug-likeness (QED) is 0.559. The third kappa shape index (κ3) is 5.84. The maximum atomic E-state index is 6.11. The highest BCUT2D eigenvalue weighted by Crippen LogP contribution is 2.10. The van der Waals surface area contributed by atoms with Crippen molar-refractivity contribution in [2.45, 2.75) is 45.4 Å². The van der Waals surface area contributed by atoms with E-state index in [-0.39, 0.29) is 0 Å². The van der Waals surface area contributed by atoms with Gasteiger partial charge in [-0.05, 0) is 32.5 Å². The molecule has 1 atom stereocenters. The van der Waals surface area contributed by atoms with Crippen molar-refractivity contribution in [1.29, 1.82) is 0 Å². The standard InChI is InChI=1S/C10H22ClN/c1-4-7-10(11)8-9-12(5-2)6-3/h10H,4-9H2,1-3H3. The molecule has 0 rings (SSSR count). The highest BCUT2D eigenvalue weighted by atomic mass is 35.5. The summed E-state index contributed by atoms with van der Waals surface area (Å²) in [5.41, 5.74) is 0. The molecule has 0 heterocycles. The molecule has 0 fully saturated rings. The molecule has 0 aliphatic heterocycles. The molecule has 1 nitrogen and oxygen atoms in total. The van der Waals surface area contributed by atoms with Crippen LogP contribution in [0.4, 0.5) is 0 Å². The number of alkyl halides is 1. The van der Waals surface area contributed by atoms with Gasteiger partial charge in [0.05, 0.1) is 0 Å². The lowest BCUT2D eigenvalue weighted by molar-refractivity contribution is 0.296. The van der Waals surface area contributed by atoms with E-state index in [9.17, 15) is 0 Å². The zero-order valence-corrected chi connectivity index (χ0v) is 9.40. The van der Waals surface area contributed by atoms with Crippen LogP contribution >= 0.6 is 11.6 Å². The predicted octanol–water partition coefficient (Wildman–Crippen LogP) is 3.13. The summed E-state index contributed by atoms with van der Waals surface area (Å²) in [7, 11) is 0. The van der Waals surface area contributed by atoms with Gasteiger partial charge in [0, 0.05) is 5.38 Å². The maximum absolute atomic E-state index is 6.11. The Morgan fingerprint density at radius 3 is 2.08 bits per heavy atom. The van der Waals surface area contributed by atoms with Crippen LogP contribution in [-0.4, -0.2) is 29.9 Å². The zero-order chi connectivity index (χ0) is 9.40. The summed E-state index contributed by atoms with van der Waals surface area (Å²) in [4.78, 5) is 2.42. The number of rotatable bonds is 7. The zero-order valence-electron chi connectivity index (χ0n) is 8.65. The van der Waals surface area contributed by atoms with Crippen molar-refractivity contribution in [3.63, 3.8) is 0 Å². The minimum Gasteiger partial charge on any atom is -0.304 e. The average Bonchev–Trinajstić information content (AvgIpc) is 2.07. The molecule has 0 radical (unpaired) electrons. The van der Waals surface area contributed by atoms with Crippen molar-refractivity contribution < 1.29 is 0 Å². The molecule has 0 aliphatic rings. The molecular formula is C10H22ClN. The van der Waals surface area contributed by atoms with Crippen molar-refractivity contribution in [3.05, 3.63) is 0 Å². The Morgan fingerprint density at radius 2 is 1.67 bits per heavy atom. The summed E-state index contributed by atoms with van der Waals surface area (Å²) < 4.78 is 0. The maximum Gasteiger partial charge on any atom is 0.0348 e. The second-order valence-electron chi connectivity index (χ2n) is 3.20. The van der Waals surface area contributed by atoms with Gasteiger partial charge in [0.1, 0.15) is 0 Å². The van der Waals surface area contributed by atoms with Crippen molar-refractivity contribution in [3.8, 4) is 0 Å². The average molecular weight is 192 g/mol. The third-order valence-corrected chi connectivity index (χ3v) is 2.69. The molecule has 74 valence electrons. The molecule has 0 aromatic heterocycles. The molecular weight excluding hydrogens is 170 g/mol. The highest BCUT2D eigenvalue weighted by Gasteiger charge is 2.05. The van der Waals surface area contributed by atoms with Gasteiger partial charge in [-0.3, -0.25) is 0 Å². The number of hydrogen-bond acceptors (Lipinski definition) is 1. The number of nitrogens with zero attached hydrogens (tertiary/aromatic N) is 1. The van der Waals surface area contributed by atoms with E-state index in [1.165, 1.54) is 6.42 Å². The summed E-state index contributed by atoms with van der Waals surface area (Å²) in [5, 5.41) is 0.385. The first-order valence-electron chi connectivity index (χ1n) is 5.10. The second-order valence-corrected chi connectivity index (χ2v) is 3.82. The summed E-state index contributed by atoms with van der Waals surface area (Å²) in [6, 6.07) is 0. The molecule has 0 aliphatic carbocycles. The van der Waals surface area contributed by atoms with Gasteiger partial charge in [0.2, 0.25) is 0 Å². The van der Waals surface area contributed by atoms with E-state index >= 15 is 0 Å². The third-order valence-electron chi connectivity index (χ3n) is 2.25. The summed E-state index contributed by atoms with van der Waals surface area (Å²) in [5.74, 6) is 0. The van der Waals surface area contributed by atoms with Crippen molar-refractivity contribution in [1.82, 2.24) is 4.90 Å². The van der Waals surface area contributed by atoms with Crippen LogP contribution in [0.3, 0.4) is 0 Å². The molecule has 0 aromatic carbocycles. The molecule has 0 bridgehead atoms. The van der Waals surface area contributed by atoms with E-state index in [0.717, 1.165) is 32.5 Å². The minimum absolute atomic E-state index is 0.385. The Hall–Kier alpha value is 0.250. The van der Waals surface area contributed by atoms with Crippen LogP contribution in [0.2, 0.25) is 0 Å². The van der Waals surface area contributed by atoms with Crippen LogP contribution < -0.4 is 0 Å². The lowest BCUT2D eigenvalue weighted by atomic mass is 10.2. The van der Waals surface area contributed by atoms with E-state index in [1.807, 2.05) is 0 Å². The topological polar surface area (TPSA) is 3.24 Å². The minimum atomic E-state index is 0.385. The van der Waals surface area contributed by atoms with E-state index in [0.29, 0.717) is 5.38 Å². The first kappa shape index (κ1) is 12.2. The lowest BCUT2D eigenvalue weighted by Crippen LogP contribution is -2.25. The van der Waals surface area contributed by atoms with Crippen LogP contribution in [0, 0.1) is 0 Å². The summed E-state index contributed by atoms with van der Waals surface area (Å²) in [6.45, 7) is 10.0. The lowest BCUT2D eigenvalue weighted by Gasteiger charge is -2.19. The normalized spacial score (nSPS) is 13.8. The van der Waals surface area contributed by atoms with Gasteiger partial charge in [0.25, 0.3) is 0 Å². The molecule has 0 amide bonds. The van der Waals surface area contributed by atoms with Crippen molar-refractivity contribution in [2.24, 2.45) is 0 Å².